The van der Waals surface area contributed by atoms with E-state index in [4.69, 9.17) is 0 Å². The zero-order valence-electron chi connectivity index (χ0n) is 14.6. The number of nitrogens with one attached hydrogen (secondary N) is 1. The number of nitrogens with zero attached hydrogens (tertiary/aromatic N) is 2. The summed E-state index contributed by atoms with van der Waals surface area (Å²) in [6.45, 7) is 5.03. The summed E-state index contributed by atoms with van der Waals surface area (Å²) < 4.78 is 0. The lowest BCUT2D eigenvalue weighted by atomic mass is 9.89. The number of aliphatic hydroxyl groups excluding tert-OH is 1. The van der Waals surface area contributed by atoms with E-state index in [2.05, 4.69) is 15.1 Å². The standard InChI is InChI=1S/C19H35N3O/c23-19-6-2-1-5-18(19)22-12-7-15(8-13-22)20-16-9-11-21-10-3-4-17(21)14-16/h15-20,23H,1-14H2. The molecule has 3 heterocycles. The van der Waals surface area contributed by atoms with Gasteiger partial charge in [0, 0.05) is 37.3 Å². The molecule has 4 rings (SSSR count). The average Bonchev–Trinajstić information content (AvgIpc) is 3.04. The van der Waals surface area contributed by atoms with Gasteiger partial charge in [-0.1, -0.05) is 12.8 Å². The van der Waals surface area contributed by atoms with Gasteiger partial charge in [0.2, 0.25) is 0 Å². The molecule has 0 amide bonds. The van der Waals surface area contributed by atoms with Gasteiger partial charge in [0.05, 0.1) is 6.10 Å². The maximum Gasteiger partial charge on any atom is 0.0695 e. The van der Waals surface area contributed by atoms with Gasteiger partial charge in [-0.05, 0) is 64.5 Å². The zero-order valence-corrected chi connectivity index (χ0v) is 14.6. The van der Waals surface area contributed by atoms with Crippen LogP contribution in [0.5, 0.6) is 0 Å². The van der Waals surface area contributed by atoms with Crippen LogP contribution >= 0.6 is 0 Å². The van der Waals surface area contributed by atoms with Crippen LogP contribution in [0.2, 0.25) is 0 Å². The average molecular weight is 322 g/mol. The second-order valence-electron chi connectivity index (χ2n) is 8.45. The Labute approximate surface area is 141 Å². The quantitative estimate of drug-likeness (QED) is 0.834. The molecule has 0 aromatic heterocycles. The normalized spacial score (nSPS) is 41.1. The fourth-order valence-corrected chi connectivity index (χ4v) is 5.62. The number of hydrogen-bond acceptors (Lipinski definition) is 4. The van der Waals surface area contributed by atoms with E-state index >= 15 is 0 Å². The van der Waals surface area contributed by atoms with Crippen molar-refractivity contribution >= 4 is 0 Å². The molecule has 3 saturated heterocycles. The Morgan fingerprint density at radius 2 is 1.43 bits per heavy atom. The van der Waals surface area contributed by atoms with E-state index < -0.39 is 0 Å². The monoisotopic (exact) mass is 321 g/mol. The Morgan fingerprint density at radius 3 is 2.26 bits per heavy atom. The third-order valence-electron chi connectivity index (χ3n) is 6.98. The fraction of sp³-hybridized carbons (Fsp3) is 1.00. The Bertz CT molecular complexity index is 383. The molecule has 4 heteroatoms. The van der Waals surface area contributed by atoms with Crippen molar-refractivity contribution in [2.75, 3.05) is 26.2 Å². The second kappa shape index (κ2) is 7.38. The first kappa shape index (κ1) is 16.3. The van der Waals surface area contributed by atoms with E-state index in [1.54, 1.807) is 0 Å². The van der Waals surface area contributed by atoms with Crippen LogP contribution < -0.4 is 5.32 Å². The van der Waals surface area contributed by atoms with Crippen LogP contribution in [0.1, 0.15) is 64.2 Å². The highest BCUT2D eigenvalue weighted by Gasteiger charge is 2.34. The molecule has 0 aromatic rings. The second-order valence-corrected chi connectivity index (χ2v) is 8.45. The molecule has 0 radical (unpaired) electrons. The lowest BCUT2D eigenvalue weighted by Crippen LogP contribution is -2.54. The van der Waals surface area contributed by atoms with Crippen molar-refractivity contribution in [1.82, 2.24) is 15.1 Å². The third kappa shape index (κ3) is 3.76. The highest BCUT2D eigenvalue weighted by molar-refractivity contribution is 4.92. The highest BCUT2D eigenvalue weighted by atomic mass is 16.3. The molecule has 0 spiro atoms. The fourth-order valence-electron chi connectivity index (χ4n) is 5.62. The van der Waals surface area contributed by atoms with Gasteiger partial charge < -0.3 is 15.3 Å². The summed E-state index contributed by atoms with van der Waals surface area (Å²) in [5.41, 5.74) is 0. The SMILES string of the molecule is OC1CCCCC1N1CCC(NC2CCN3CCCC3C2)CC1. The summed E-state index contributed by atoms with van der Waals surface area (Å²) in [7, 11) is 0. The summed E-state index contributed by atoms with van der Waals surface area (Å²) in [5.74, 6) is 0. The molecule has 4 unspecified atom stereocenters. The molecule has 4 fully saturated rings. The molecule has 0 aromatic carbocycles. The van der Waals surface area contributed by atoms with E-state index in [1.807, 2.05) is 0 Å². The number of hydrogen-bond donors (Lipinski definition) is 2. The van der Waals surface area contributed by atoms with Gasteiger partial charge in [0.1, 0.15) is 0 Å². The Balaban J connectivity index is 1.22. The molecule has 23 heavy (non-hydrogen) atoms. The molecule has 132 valence electrons. The maximum absolute atomic E-state index is 10.3. The van der Waals surface area contributed by atoms with Gasteiger partial charge >= 0.3 is 0 Å². The Morgan fingerprint density at radius 1 is 0.696 bits per heavy atom. The number of fused-ring (bicyclic) bond motifs is 1. The highest BCUT2D eigenvalue weighted by Crippen LogP contribution is 2.29. The molecule has 1 saturated carbocycles. The van der Waals surface area contributed by atoms with E-state index in [0.29, 0.717) is 12.1 Å². The van der Waals surface area contributed by atoms with Gasteiger partial charge in [-0.15, -0.1) is 0 Å². The molecular formula is C19H35N3O. The van der Waals surface area contributed by atoms with Crippen molar-refractivity contribution < 1.29 is 5.11 Å². The predicted molar refractivity (Wildman–Crippen MR) is 93.6 cm³/mol. The van der Waals surface area contributed by atoms with Crippen LogP contribution in [0, 0.1) is 0 Å². The lowest BCUT2D eigenvalue weighted by molar-refractivity contribution is 0.00585. The van der Waals surface area contributed by atoms with E-state index in [1.165, 1.54) is 84.0 Å². The van der Waals surface area contributed by atoms with Gasteiger partial charge in [-0.25, -0.2) is 0 Å². The summed E-state index contributed by atoms with van der Waals surface area (Å²) >= 11 is 0. The summed E-state index contributed by atoms with van der Waals surface area (Å²) in [6.07, 6.45) is 12.8. The Kier molecular flexibility index (Phi) is 5.24. The van der Waals surface area contributed by atoms with Gasteiger partial charge in [0.15, 0.2) is 0 Å². The molecule has 4 nitrogen and oxygen atoms in total. The van der Waals surface area contributed by atoms with Gasteiger partial charge in [0.25, 0.3) is 0 Å². The minimum atomic E-state index is -0.0695. The van der Waals surface area contributed by atoms with E-state index in [0.717, 1.165) is 18.5 Å². The van der Waals surface area contributed by atoms with Crippen molar-refractivity contribution in [1.29, 1.82) is 0 Å². The molecule has 4 aliphatic rings. The number of aliphatic hydroxyl groups is 1. The first-order chi connectivity index (χ1) is 11.3. The zero-order chi connectivity index (χ0) is 15.6. The Hall–Kier alpha value is -0.160. The number of rotatable bonds is 3. The molecule has 1 aliphatic carbocycles. The summed E-state index contributed by atoms with van der Waals surface area (Å²) in [4.78, 5) is 5.30. The first-order valence-corrected chi connectivity index (χ1v) is 10.2. The van der Waals surface area contributed by atoms with Crippen molar-refractivity contribution in [2.45, 2.75) is 94.5 Å². The number of piperidine rings is 2. The van der Waals surface area contributed by atoms with Crippen LogP contribution in [0.15, 0.2) is 0 Å². The smallest absolute Gasteiger partial charge is 0.0695 e. The number of likely N-dealkylation sites (tertiary alicyclic amines) is 1. The van der Waals surface area contributed by atoms with Crippen molar-refractivity contribution in [3.63, 3.8) is 0 Å². The van der Waals surface area contributed by atoms with Crippen molar-refractivity contribution in [3.8, 4) is 0 Å². The summed E-state index contributed by atoms with van der Waals surface area (Å²) in [5, 5.41) is 14.3. The minimum Gasteiger partial charge on any atom is -0.391 e. The maximum atomic E-state index is 10.3. The van der Waals surface area contributed by atoms with Gasteiger partial charge in [-0.3, -0.25) is 4.90 Å². The largest absolute Gasteiger partial charge is 0.391 e. The molecule has 3 aliphatic heterocycles. The van der Waals surface area contributed by atoms with Crippen LogP contribution in [0.3, 0.4) is 0 Å². The summed E-state index contributed by atoms with van der Waals surface area (Å²) in [6, 6.07) is 2.79. The predicted octanol–water partition coefficient (Wildman–Crippen LogP) is 1.97. The van der Waals surface area contributed by atoms with Gasteiger partial charge in [-0.2, -0.15) is 0 Å². The topological polar surface area (TPSA) is 38.7 Å². The van der Waals surface area contributed by atoms with Crippen molar-refractivity contribution in [3.05, 3.63) is 0 Å². The van der Waals surface area contributed by atoms with Crippen LogP contribution in [-0.4, -0.2) is 71.4 Å². The third-order valence-corrected chi connectivity index (χ3v) is 6.98. The molecule has 4 atom stereocenters. The van der Waals surface area contributed by atoms with Crippen LogP contribution in [0.4, 0.5) is 0 Å². The molecule has 2 N–H and O–H groups in total. The van der Waals surface area contributed by atoms with Crippen LogP contribution in [0.25, 0.3) is 0 Å². The van der Waals surface area contributed by atoms with E-state index in [-0.39, 0.29) is 6.10 Å². The van der Waals surface area contributed by atoms with E-state index in [9.17, 15) is 5.11 Å². The van der Waals surface area contributed by atoms with Crippen molar-refractivity contribution in [2.24, 2.45) is 0 Å². The molecular weight excluding hydrogens is 286 g/mol. The lowest BCUT2D eigenvalue weighted by Gasteiger charge is -2.43. The van der Waals surface area contributed by atoms with Crippen LogP contribution in [-0.2, 0) is 0 Å². The molecule has 0 bridgehead atoms. The minimum absolute atomic E-state index is 0.0695. The first-order valence-electron chi connectivity index (χ1n) is 10.2.